The minimum atomic E-state index is -0.290. The summed E-state index contributed by atoms with van der Waals surface area (Å²) in [4.78, 5) is 33.8. The van der Waals surface area contributed by atoms with Crippen LogP contribution in [0, 0.1) is 12.3 Å². The van der Waals surface area contributed by atoms with Gasteiger partial charge in [-0.3, -0.25) is 24.2 Å². The van der Waals surface area contributed by atoms with Crippen molar-refractivity contribution in [3.05, 3.63) is 48.3 Å². The Labute approximate surface area is 217 Å². The summed E-state index contributed by atoms with van der Waals surface area (Å²) in [5.41, 5.74) is 3.42. The fourth-order valence-corrected chi connectivity index (χ4v) is 5.75. The predicted octanol–water partition coefficient (Wildman–Crippen LogP) is 3.07. The van der Waals surface area contributed by atoms with Crippen LogP contribution in [0.2, 0.25) is 0 Å². The Kier molecular flexibility index (Phi) is 5.81. The van der Waals surface area contributed by atoms with Crippen LogP contribution < -0.4 is 10.6 Å². The van der Waals surface area contributed by atoms with Crippen molar-refractivity contribution < 1.29 is 14.3 Å². The highest BCUT2D eigenvalue weighted by atomic mass is 32.1. The second-order valence-electron chi connectivity index (χ2n) is 10.5. The molecule has 0 radical (unpaired) electrons. The molecule has 0 unspecified atom stereocenters. The average molecular weight is 521 g/mol. The van der Waals surface area contributed by atoms with Crippen LogP contribution in [0.15, 0.2) is 37.1 Å². The first-order valence-corrected chi connectivity index (χ1v) is 13.0. The molecule has 192 valence electrons. The molecule has 4 aromatic heterocycles. The number of hydrogen-bond acceptors (Lipinski definition) is 8. The molecule has 2 aliphatic heterocycles. The zero-order chi connectivity index (χ0) is 25.7. The highest BCUT2D eigenvalue weighted by Gasteiger charge is 2.34. The zero-order valence-electron chi connectivity index (χ0n) is 20.9. The molecule has 0 spiro atoms. The molecule has 0 aromatic carbocycles. The smallest absolute Gasteiger partial charge is 0.260 e. The van der Waals surface area contributed by atoms with Gasteiger partial charge in [0, 0.05) is 31.0 Å². The van der Waals surface area contributed by atoms with Crippen molar-refractivity contribution in [2.45, 2.75) is 26.8 Å². The Bertz CT molecular complexity index is 1490. The quantitative estimate of drug-likeness (QED) is 0.384. The van der Waals surface area contributed by atoms with E-state index >= 15 is 0 Å². The molecule has 2 saturated heterocycles. The Balaban J connectivity index is 1.15. The van der Waals surface area contributed by atoms with E-state index in [-0.39, 0.29) is 23.3 Å². The molecule has 0 atom stereocenters. The topological polar surface area (TPSA) is 119 Å². The number of nitrogens with one attached hydrogen (secondary N) is 2. The van der Waals surface area contributed by atoms with Crippen LogP contribution in [-0.4, -0.2) is 73.9 Å². The van der Waals surface area contributed by atoms with Gasteiger partial charge in [-0.2, -0.15) is 10.2 Å². The fraction of sp³-hybridized carbons (Fsp3) is 0.400. The third kappa shape index (κ3) is 4.75. The summed E-state index contributed by atoms with van der Waals surface area (Å²) in [5, 5.41) is 14.6. The number of amides is 2. The summed E-state index contributed by atoms with van der Waals surface area (Å²) < 4.78 is 8.87. The Morgan fingerprint density at radius 2 is 1.95 bits per heavy atom. The maximum Gasteiger partial charge on any atom is 0.260 e. The monoisotopic (exact) mass is 520 g/mol. The first-order chi connectivity index (χ1) is 17.7. The number of ether oxygens (including phenoxy) is 1. The van der Waals surface area contributed by atoms with Crippen molar-refractivity contribution in [2.75, 3.05) is 43.5 Å². The van der Waals surface area contributed by atoms with E-state index in [1.54, 1.807) is 23.0 Å². The van der Waals surface area contributed by atoms with E-state index in [0.29, 0.717) is 42.4 Å². The molecular weight excluding hydrogens is 492 g/mol. The average Bonchev–Trinajstić information content (AvgIpc) is 3.49. The summed E-state index contributed by atoms with van der Waals surface area (Å²) in [7, 11) is 0. The van der Waals surface area contributed by atoms with Gasteiger partial charge in [0.15, 0.2) is 0 Å². The van der Waals surface area contributed by atoms with Gasteiger partial charge >= 0.3 is 0 Å². The van der Waals surface area contributed by atoms with Gasteiger partial charge in [0.05, 0.1) is 71.9 Å². The van der Waals surface area contributed by atoms with Crippen LogP contribution in [-0.2, 0) is 9.53 Å². The van der Waals surface area contributed by atoms with Gasteiger partial charge in [0.2, 0.25) is 5.91 Å². The summed E-state index contributed by atoms with van der Waals surface area (Å²) in [6.45, 7) is 9.67. The number of carbonyl (C=O) groups excluding carboxylic acids is 2. The van der Waals surface area contributed by atoms with Crippen LogP contribution in [0.1, 0.15) is 35.9 Å². The van der Waals surface area contributed by atoms with Gasteiger partial charge in [-0.05, 0) is 18.4 Å². The minimum absolute atomic E-state index is 0.101. The van der Waals surface area contributed by atoms with E-state index in [2.05, 4.69) is 44.6 Å². The molecule has 2 aliphatic rings. The second-order valence-corrected chi connectivity index (χ2v) is 11.5. The summed E-state index contributed by atoms with van der Waals surface area (Å²) in [5.74, 6) is -0.391. The molecule has 2 N–H and O–H groups in total. The Hall–Kier alpha value is -3.61. The molecule has 2 fully saturated rings. The highest BCUT2D eigenvalue weighted by Crippen LogP contribution is 2.32. The van der Waals surface area contributed by atoms with E-state index < -0.39 is 0 Å². The molecule has 12 heteroatoms. The highest BCUT2D eigenvalue weighted by molar-refractivity contribution is 7.21. The lowest BCUT2D eigenvalue weighted by molar-refractivity contribution is -0.120. The summed E-state index contributed by atoms with van der Waals surface area (Å²) >= 11 is 1.48. The normalized spacial score (nSPS) is 17.4. The number of thiazole rings is 1. The van der Waals surface area contributed by atoms with E-state index in [4.69, 9.17) is 4.74 Å². The molecule has 4 aromatic rings. The largest absolute Gasteiger partial charge is 0.377 e. The lowest BCUT2D eigenvalue weighted by Crippen LogP contribution is -2.54. The van der Waals surface area contributed by atoms with Crippen molar-refractivity contribution in [3.63, 3.8) is 0 Å². The number of carbonyl (C=O) groups is 2. The SMILES string of the molecule is Cc1ncc(NC(=O)CN2CC(C)(C)C2)cc1NC(=O)c1cnn2cc(-c3cnn(C4COC4)c3)sc12. The fourth-order valence-electron chi connectivity index (χ4n) is 4.71. The number of aromatic nitrogens is 5. The summed E-state index contributed by atoms with van der Waals surface area (Å²) in [6, 6.07) is 2.01. The lowest BCUT2D eigenvalue weighted by atomic mass is 9.84. The number of rotatable bonds is 7. The van der Waals surface area contributed by atoms with Crippen LogP contribution in [0.3, 0.4) is 0 Å². The van der Waals surface area contributed by atoms with Crippen LogP contribution >= 0.6 is 11.3 Å². The molecule has 6 heterocycles. The van der Waals surface area contributed by atoms with Crippen molar-refractivity contribution in [3.8, 4) is 10.4 Å². The minimum Gasteiger partial charge on any atom is -0.377 e. The first kappa shape index (κ1) is 23.8. The van der Waals surface area contributed by atoms with Gasteiger partial charge < -0.3 is 15.4 Å². The van der Waals surface area contributed by atoms with Gasteiger partial charge in [-0.1, -0.05) is 13.8 Å². The van der Waals surface area contributed by atoms with Crippen molar-refractivity contribution in [1.29, 1.82) is 0 Å². The predicted molar refractivity (Wildman–Crippen MR) is 140 cm³/mol. The van der Waals surface area contributed by atoms with Crippen molar-refractivity contribution >= 4 is 39.4 Å². The van der Waals surface area contributed by atoms with Gasteiger partial charge in [-0.15, -0.1) is 11.3 Å². The molecule has 11 nitrogen and oxygen atoms in total. The van der Waals surface area contributed by atoms with E-state index in [1.807, 2.05) is 30.2 Å². The number of likely N-dealkylation sites (tertiary alicyclic amines) is 1. The molecule has 2 amide bonds. The van der Waals surface area contributed by atoms with Crippen molar-refractivity contribution in [1.82, 2.24) is 29.3 Å². The Morgan fingerprint density at radius 3 is 2.68 bits per heavy atom. The molecule has 37 heavy (non-hydrogen) atoms. The Morgan fingerprint density at radius 1 is 1.14 bits per heavy atom. The standard InChI is InChI=1S/C25H28N8O3S/c1-15-20(4-17(6-26-15)29-22(34)10-31-13-25(2,3)14-31)30-23(35)19-7-28-33-9-21(37-24(19)33)16-5-27-32(8-16)18-11-36-12-18/h4-9,18H,10-14H2,1-3H3,(H,29,34)(H,30,35). The molecule has 0 aliphatic carbocycles. The molecular formula is C25H28N8O3S. The van der Waals surface area contributed by atoms with Crippen LogP contribution in [0.4, 0.5) is 11.4 Å². The number of aryl methyl sites for hydroxylation is 1. The van der Waals surface area contributed by atoms with Gasteiger partial charge in [0.25, 0.3) is 5.91 Å². The molecule has 0 saturated carbocycles. The second kappa shape index (κ2) is 9.05. The molecule has 0 bridgehead atoms. The number of nitrogens with zero attached hydrogens (tertiary/aromatic N) is 6. The maximum absolute atomic E-state index is 13.2. The number of hydrogen-bond donors (Lipinski definition) is 2. The summed E-state index contributed by atoms with van der Waals surface area (Å²) in [6.07, 6.45) is 8.88. The third-order valence-corrected chi connectivity index (χ3v) is 7.77. The van der Waals surface area contributed by atoms with E-state index in [9.17, 15) is 9.59 Å². The van der Waals surface area contributed by atoms with Crippen LogP contribution in [0.25, 0.3) is 15.3 Å². The number of fused-ring (bicyclic) bond motifs is 1. The van der Waals surface area contributed by atoms with Crippen molar-refractivity contribution in [2.24, 2.45) is 5.41 Å². The maximum atomic E-state index is 13.2. The number of pyridine rings is 1. The lowest BCUT2D eigenvalue weighted by Gasteiger charge is -2.45. The van der Waals surface area contributed by atoms with Gasteiger partial charge in [-0.25, -0.2) is 4.52 Å². The number of anilines is 2. The molecule has 6 rings (SSSR count). The van der Waals surface area contributed by atoms with E-state index in [1.165, 1.54) is 11.3 Å². The first-order valence-electron chi connectivity index (χ1n) is 12.1. The van der Waals surface area contributed by atoms with Gasteiger partial charge in [0.1, 0.15) is 4.83 Å². The third-order valence-electron chi connectivity index (χ3n) is 6.61. The zero-order valence-corrected chi connectivity index (χ0v) is 21.7. The van der Waals surface area contributed by atoms with E-state index in [0.717, 1.165) is 28.4 Å². The van der Waals surface area contributed by atoms with Crippen LogP contribution in [0.5, 0.6) is 0 Å².